The smallest absolute Gasteiger partial charge is 0.278 e. The van der Waals surface area contributed by atoms with Gasteiger partial charge < -0.3 is 4.74 Å². The van der Waals surface area contributed by atoms with Gasteiger partial charge in [0.2, 0.25) is 5.13 Å². The molecular weight excluding hydrogens is 333 g/mol. The number of halogens is 1. The van der Waals surface area contributed by atoms with Crippen LogP contribution in [0.2, 0.25) is 0 Å². The van der Waals surface area contributed by atoms with Gasteiger partial charge in [0.1, 0.15) is 17.4 Å². The number of carbonyl (C=O) groups excluding carboxylic acids is 1. The highest BCUT2D eigenvalue weighted by atomic mass is 32.1. The molecule has 3 aromatic rings. The fraction of sp³-hybridized carbons (Fsp3) is 0.200. The van der Waals surface area contributed by atoms with E-state index in [1.807, 2.05) is 0 Å². The number of carbonyl (C=O) groups is 1. The van der Waals surface area contributed by atoms with Crippen LogP contribution in [0.5, 0.6) is 0 Å². The van der Waals surface area contributed by atoms with Crippen molar-refractivity contribution < 1.29 is 13.9 Å². The van der Waals surface area contributed by atoms with E-state index in [1.54, 1.807) is 37.0 Å². The van der Waals surface area contributed by atoms with Crippen LogP contribution >= 0.6 is 11.3 Å². The van der Waals surface area contributed by atoms with Crippen molar-refractivity contribution in [3.8, 4) is 11.3 Å². The molecule has 1 N–H and O–H groups in total. The normalized spacial score (nSPS) is 10.8. The number of amides is 1. The fourth-order valence-electron chi connectivity index (χ4n) is 2.12. The molecule has 3 rings (SSSR count). The zero-order valence-corrected chi connectivity index (χ0v) is 13.8. The maximum Gasteiger partial charge on any atom is 0.278 e. The zero-order valence-electron chi connectivity index (χ0n) is 13.0. The van der Waals surface area contributed by atoms with E-state index < -0.39 is 0 Å². The monoisotopic (exact) mass is 347 g/mol. The van der Waals surface area contributed by atoms with E-state index in [1.165, 1.54) is 23.5 Å². The van der Waals surface area contributed by atoms with Gasteiger partial charge in [0.05, 0.1) is 5.69 Å². The van der Waals surface area contributed by atoms with Crippen molar-refractivity contribution in [2.45, 2.75) is 6.61 Å². The summed E-state index contributed by atoms with van der Waals surface area (Å²) < 4.78 is 19.6. The molecule has 1 aromatic carbocycles. The molecule has 24 heavy (non-hydrogen) atoms. The Morgan fingerprint density at radius 1 is 1.33 bits per heavy atom. The molecule has 2 heterocycles. The van der Waals surface area contributed by atoms with E-state index in [4.69, 9.17) is 4.74 Å². The lowest BCUT2D eigenvalue weighted by atomic mass is 10.1. The minimum atomic E-state index is -0.390. The third-order valence-electron chi connectivity index (χ3n) is 3.21. The van der Waals surface area contributed by atoms with Crippen LogP contribution in [0.25, 0.3) is 11.3 Å². The molecule has 0 aliphatic carbocycles. The molecule has 0 radical (unpaired) electrons. The van der Waals surface area contributed by atoms with Crippen molar-refractivity contribution >= 4 is 22.4 Å². The molecule has 0 saturated carbocycles. The van der Waals surface area contributed by atoms with Crippen LogP contribution < -0.4 is 5.32 Å². The SMILES string of the molecule is COCc1nnc(NC(=O)c2cc(-c3ccc(F)cc3)n(C)n2)s1. The van der Waals surface area contributed by atoms with Crippen molar-refractivity contribution in [3.05, 3.63) is 46.9 Å². The number of anilines is 1. The molecule has 124 valence electrons. The van der Waals surface area contributed by atoms with Gasteiger partial charge in [-0.05, 0) is 35.9 Å². The first-order valence-corrected chi connectivity index (χ1v) is 7.81. The number of rotatable bonds is 5. The van der Waals surface area contributed by atoms with Crippen LogP contribution in [-0.2, 0) is 18.4 Å². The second-order valence-electron chi connectivity index (χ2n) is 4.93. The molecule has 0 aliphatic heterocycles. The summed E-state index contributed by atoms with van der Waals surface area (Å²) in [5.74, 6) is -0.707. The fourth-order valence-corrected chi connectivity index (χ4v) is 2.82. The summed E-state index contributed by atoms with van der Waals surface area (Å²) >= 11 is 1.23. The molecule has 1 amide bonds. The molecule has 0 unspecified atom stereocenters. The van der Waals surface area contributed by atoms with Gasteiger partial charge >= 0.3 is 0 Å². The average Bonchev–Trinajstić information content (AvgIpc) is 3.15. The minimum Gasteiger partial charge on any atom is -0.377 e. The topological polar surface area (TPSA) is 81.9 Å². The Morgan fingerprint density at radius 3 is 2.79 bits per heavy atom. The summed E-state index contributed by atoms with van der Waals surface area (Å²) in [7, 11) is 3.28. The van der Waals surface area contributed by atoms with Gasteiger partial charge in [0.25, 0.3) is 5.91 Å². The van der Waals surface area contributed by atoms with Crippen LogP contribution in [0.15, 0.2) is 30.3 Å². The maximum atomic E-state index is 13.0. The number of nitrogens with one attached hydrogen (secondary N) is 1. The number of nitrogens with zero attached hydrogens (tertiary/aromatic N) is 4. The Bertz CT molecular complexity index is 859. The van der Waals surface area contributed by atoms with Gasteiger partial charge in [0.15, 0.2) is 5.69 Å². The van der Waals surface area contributed by atoms with Crippen molar-refractivity contribution in [1.29, 1.82) is 0 Å². The van der Waals surface area contributed by atoms with E-state index in [0.29, 0.717) is 22.4 Å². The number of hydrogen-bond donors (Lipinski definition) is 1. The van der Waals surface area contributed by atoms with E-state index >= 15 is 0 Å². The Hall–Kier alpha value is -2.65. The van der Waals surface area contributed by atoms with E-state index in [-0.39, 0.29) is 17.4 Å². The van der Waals surface area contributed by atoms with E-state index in [9.17, 15) is 9.18 Å². The Labute approximate surface area is 141 Å². The first-order valence-electron chi connectivity index (χ1n) is 6.99. The van der Waals surface area contributed by atoms with Crippen LogP contribution in [0.4, 0.5) is 9.52 Å². The predicted molar refractivity (Wildman–Crippen MR) is 87.2 cm³/mol. The molecular formula is C15H14FN5O2S. The van der Waals surface area contributed by atoms with Crippen LogP contribution in [-0.4, -0.2) is 33.0 Å². The largest absolute Gasteiger partial charge is 0.377 e. The highest BCUT2D eigenvalue weighted by molar-refractivity contribution is 7.15. The Balaban J connectivity index is 1.78. The Kier molecular flexibility index (Phi) is 4.63. The van der Waals surface area contributed by atoms with Crippen molar-refractivity contribution in [2.24, 2.45) is 7.05 Å². The molecule has 0 atom stereocenters. The maximum absolute atomic E-state index is 13.0. The molecule has 0 fully saturated rings. The number of methoxy groups -OCH3 is 1. The second kappa shape index (κ2) is 6.85. The quantitative estimate of drug-likeness (QED) is 0.767. The third-order valence-corrected chi connectivity index (χ3v) is 4.02. The minimum absolute atomic E-state index is 0.236. The first kappa shape index (κ1) is 16.2. The summed E-state index contributed by atoms with van der Waals surface area (Å²) in [4.78, 5) is 12.3. The number of hydrogen-bond acceptors (Lipinski definition) is 6. The summed E-state index contributed by atoms with van der Waals surface area (Å²) in [6.45, 7) is 0.339. The standard InChI is InChI=1S/C15H14FN5O2S/c1-21-12(9-3-5-10(16)6-4-9)7-11(20-21)14(22)17-15-19-18-13(24-15)8-23-2/h3-7H,8H2,1-2H3,(H,17,19,22). The summed E-state index contributed by atoms with van der Waals surface area (Å²) in [5, 5.41) is 15.7. The zero-order chi connectivity index (χ0) is 17.1. The molecule has 2 aromatic heterocycles. The van der Waals surface area contributed by atoms with Gasteiger partial charge in [-0.3, -0.25) is 14.8 Å². The predicted octanol–water partition coefficient (Wildman–Crippen LogP) is 2.48. The highest BCUT2D eigenvalue weighted by Crippen LogP contribution is 2.21. The lowest BCUT2D eigenvalue weighted by molar-refractivity contribution is 0.102. The van der Waals surface area contributed by atoms with Gasteiger partial charge in [0, 0.05) is 14.2 Å². The van der Waals surface area contributed by atoms with Gasteiger partial charge in [-0.25, -0.2) is 4.39 Å². The number of aryl methyl sites for hydroxylation is 1. The van der Waals surface area contributed by atoms with E-state index in [0.717, 1.165) is 5.56 Å². The molecule has 9 heteroatoms. The molecule has 0 aliphatic rings. The van der Waals surface area contributed by atoms with E-state index in [2.05, 4.69) is 20.6 Å². The number of aromatic nitrogens is 4. The third kappa shape index (κ3) is 3.47. The number of ether oxygens (including phenoxy) is 1. The van der Waals surface area contributed by atoms with Gasteiger partial charge in [-0.1, -0.05) is 11.3 Å². The van der Waals surface area contributed by atoms with Crippen molar-refractivity contribution in [3.63, 3.8) is 0 Å². The van der Waals surface area contributed by atoms with Crippen LogP contribution in [0.3, 0.4) is 0 Å². The Morgan fingerprint density at radius 2 is 2.08 bits per heavy atom. The van der Waals surface area contributed by atoms with Crippen molar-refractivity contribution in [1.82, 2.24) is 20.0 Å². The summed E-state index contributed by atoms with van der Waals surface area (Å²) in [6.07, 6.45) is 0. The molecule has 0 saturated heterocycles. The molecule has 7 nitrogen and oxygen atoms in total. The van der Waals surface area contributed by atoms with Crippen molar-refractivity contribution in [2.75, 3.05) is 12.4 Å². The summed E-state index contributed by atoms with van der Waals surface area (Å²) in [6, 6.07) is 7.63. The van der Waals surface area contributed by atoms with Gasteiger partial charge in [-0.2, -0.15) is 5.10 Å². The summed E-state index contributed by atoms with van der Waals surface area (Å²) in [5.41, 5.74) is 1.71. The average molecular weight is 347 g/mol. The molecule has 0 bridgehead atoms. The first-order chi connectivity index (χ1) is 11.6. The highest BCUT2D eigenvalue weighted by Gasteiger charge is 2.16. The lowest BCUT2D eigenvalue weighted by Crippen LogP contribution is -2.12. The van der Waals surface area contributed by atoms with Gasteiger partial charge in [-0.15, -0.1) is 10.2 Å². The van der Waals surface area contributed by atoms with Crippen LogP contribution in [0, 0.1) is 5.82 Å². The number of benzene rings is 1. The molecule has 0 spiro atoms. The van der Waals surface area contributed by atoms with Crippen LogP contribution in [0.1, 0.15) is 15.5 Å². The lowest BCUT2D eigenvalue weighted by Gasteiger charge is -2.00. The second-order valence-corrected chi connectivity index (χ2v) is 6.00.